The van der Waals surface area contributed by atoms with Crippen LogP contribution in [0.5, 0.6) is 0 Å². The van der Waals surface area contributed by atoms with Gasteiger partial charge in [0.15, 0.2) is 0 Å². The van der Waals surface area contributed by atoms with Gasteiger partial charge in [-0.1, -0.05) is 27.2 Å². The molecule has 0 aromatic rings. The Bertz CT molecular complexity index is 234. The predicted octanol–water partition coefficient (Wildman–Crippen LogP) is 3.17. The third-order valence-electron chi connectivity index (χ3n) is 3.49. The van der Waals surface area contributed by atoms with Crippen molar-refractivity contribution in [3.63, 3.8) is 0 Å². The standard InChI is InChI=1S/C15H31N3/c1-5-8-12-18(7-3)13-10-9-11-15(4,14-16)17-6-2/h17H,5-13H2,1-4H3. The highest BCUT2D eigenvalue weighted by Gasteiger charge is 2.21. The summed E-state index contributed by atoms with van der Waals surface area (Å²) in [7, 11) is 0. The molecule has 3 nitrogen and oxygen atoms in total. The summed E-state index contributed by atoms with van der Waals surface area (Å²) in [6.45, 7) is 12.9. The zero-order valence-electron chi connectivity index (χ0n) is 12.8. The van der Waals surface area contributed by atoms with E-state index < -0.39 is 0 Å². The molecule has 1 atom stereocenters. The van der Waals surface area contributed by atoms with Crippen molar-refractivity contribution in [1.82, 2.24) is 10.2 Å². The molecule has 0 aromatic heterocycles. The molecular weight excluding hydrogens is 222 g/mol. The Kier molecular flexibility index (Phi) is 10.0. The fourth-order valence-electron chi connectivity index (χ4n) is 2.20. The van der Waals surface area contributed by atoms with E-state index in [-0.39, 0.29) is 5.54 Å². The molecule has 0 saturated carbocycles. The Hall–Kier alpha value is -0.590. The number of nitrogens with zero attached hydrogens (tertiary/aromatic N) is 2. The molecule has 106 valence electrons. The molecule has 1 unspecified atom stereocenters. The first-order valence-electron chi connectivity index (χ1n) is 7.50. The van der Waals surface area contributed by atoms with Crippen LogP contribution in [-0.4, -0.2) is 36.6 Å². The second-order valence-corrected chi connectivity index (χ2v) is 5.22. The number of unbranched alkanes of at least 4 members (excludes halogenated alkanes) is 2. The highest BCUT2D eigenvalue weighted by Crippen LogP contribution is 2.13. The molecule has 0 rings (SSSR count). The number of rotatable bonds is 11. The monoisotopic (exact) mass is 253 g/mol. The van der Waals surface area contributed by atoms with Crippen molar-refractivity contribution in [3.8, 4) is 6.07 Å². The van der Waals surface area contributed by atoms with E-state index in [9.17, 15) is 0 Å². The van der Waals surface area contributed by atoms with Gasteiger partial charge in [-0.25, -0.2) is 0 Å². The minimum atomic E-state index is -0.338. The first-order valence-corrected chi connectivity index (χ1v) is 7.50. The summed E-state index contributed by atoms with van der Waals surface area (Å²) in [5.41, 5.74) is -0.338. The SMILES string of the molecule is CCCCN(CC)CCCCC(C)(C#N)NCC. The fourth-order valence-corrected chi connectivity index (χ4v) is 2.20. The Morgan fingerprint density at radius 3 is 2.28 bits per heavy atom. The number of nitriles is 1. The summed E-state index contributed by atoms with van der Waals surface area (Å²) in [6.07, 6.45) is 5.83. The van der Waals surface area contributed by atoms with Crippen molar-refractivity contribution < 1.29 is 0 Å². The summed E-state index contributed by atoms with van der Waals surface area (Å²) < 4.78 is 0. The van der Waals surface area contributed by atoms with E-state index in [1.54, 1.807) is 0 Å². The van der Waals surface area contributed by atoms with Crippen LogP contribution in [-0.2, 0) is 0 Å². The molecule has 0 bridgehead atoms. The van der Waals surface area contributed by atoms with Crippen LogP contribution in [0.4, 0.5) is 0 Å². The molecule has 0 aliphatic carbocycles. The number of hydrogen-bond donors (Lipinski definition) is 1. The molecule has 0 amide bonds. The summed E-state index contributed by atoms with van der Waals surface area (Å²) in [5, 5.41) is 12.4. The van der Waals surface area contributed by atoms with Crippen LogP contribution >= 0.6 is 0 Å². The minimum absolute atomic E-state index is 0.338. The molecule has 0 radical (unpaired) electrons. The van der Waals surface area contributed by atoms with E-state index in [1.165, 1.54) is 32.4 Å². The third-order valence-corrected chi connectivity index (χ3v) is 3.49. The Labute approximate surface area is 114 Å². The lowest BCUT2D eigenvalue weighted by Crippen LogP contribution is -2.40. The fraction of sp³-hybridized carbons (Fsp3) is 0.933. The zero-order chi connectivity index (χ0) is 13.9. The lowest BCUT2D eigenvalue weighted by molar-refractivity contribution is 0.271. The van der Waals surface area contributed by atoms with Gasteiger partial charge in [0.05, 0.1) is 6.07 Å². The van der Waals surface area contributed by atoms with Crippen molar-refractivity contribution in [2.45, 2.75) is 65.3 Å². The highest BCUT2D eigenvalue weighted by atomic mass is 15.1. The molecule has 0 fully saturated rings. The molecule has 0 aromatic carbocycles. The van der Waals surface area contributed by atoms with Crippen LogP contribution in [0.1, 0.15) is 59.8 Å². The second kappa shape index (κ2) is 10.3. The first kappa shape index (κ1) is 17.4. The normalized spacial score (nSPS) is 14.4. The van der Waals surface area contributed by atoms with E-state index in [1.807, 2.05) is 6.92 Å². The van der Waals surface area contributed by atoms with Crippen molar-refractivity contribution >= 4 is 0 Å². The van der Waals surface area contributed by atoms with Crippen LogP contribution in [0.2, 0.25) is 0 Å². The highest BCUT2D eigenvalue weighted by molar-refractivity contribution is 5.03. The zero-order valence-corrected chi connectivity index (χ0v) is 12.8. The first-order chi connectivity index (χ1) is 8.61. The van der Waals surface area contributed by atoms with Gasteiger partial charge in [-0.2, -0.15) is 5.26 Å². The molecule has 0 heterocycles. The van der Waals surface area contributed by atoms with Crippen molar-refractivity contribution in [3.05, 3.63) is 0 Å². The van der Waals surface area contributed by atoms with Crippen molar-refractivity contribution in [1.29, 1.82) is 5.26 Å². The van der Waals surface area contributed by atoms with Gasteiger partial charge in [0, 0.05) is 0 Å². The molecule has 0 saturated heterocycles. The third kappa shape index (κ3) is 7.68. The molecular formula is C15H31N3. The van der Waals surface area contributed by atoms with Crippen LogP contribution in [0.15, 0.2) is 0 Å². The maximum Gasteiger partial charge on any atom is 0.103 e. The van der Waals surface area contributed by atoms with Gasteiger partial charge in [-0.15, -0.1) is 0 Å². The molecule has 1 N–H and O–H groups in total. The van der Waals surface area contributed by atoms with Gasteiger partial charge in [0.2, 0.25) is 0 Å². The van der Waals surface area contributed by atoms with E-state index in [0.717, 1.165) is 25.9 Å². The number of hydrogen-bond acceptors (Lipinski definition) is 3. The van der Waals surface area contributed by atoms with Crippen LogP contribution in [0, 0.1) is 11.3 Å². The van der Waals surface area contributed by atoms with Gasteiger partial charge in [0.1, 0.15) is 5.54 Å². The van der Waals surface area contributed by atoms with Crippen molar-refractivity contribution in [2.24, 2.45) is 0 Å². The smallest absolute Gasteiger partial charge is 0.103 e. The van der Waals surface area contributed by atoms with Gasteiger partial charge in [-0.05, 0) is 58.8 Å². The quantitative estimate of drug-likeness (QED) is 0.575. The Balaban J connectivity index is 3.79. The van der Waals surface area contributed by atoms with Crippen LogP contribution in [0.25, 0.3) is 0 Å². The van der Waals surface area contributed by atoms with Crippen molar-refractivity contribution in [2.75, 3.05) is 26.2 Å². The van der Waals surface area contributed by atoms with Crippen LogP contribution < -0.4 is 5.32 Å². The van der Waals surface area contributed by atoms with Gasteiger partial charge < -0.3 is 4.90 Å². The average molecular weight is 253 g/mol. The molecule has 0 spiro atoms. The minimum Gasteiger partial charge on any atom is -0.304 e. The van der Waals surface area contributed by atoms with Gasteiger partial charge in [0.25, 0.3) is 0 Å². The summed E-state index contributed by atoms with van der Waals surface area (Å²) in [5.74, 6) is 0. The lowest BCUT2D eigenvalue weighted by atomic mass is 9.96. The lowest BCUT2D eigenvalue weighted by Gasteiger charge is -2.24. The Morgan fingerprint density at radius 2 is 1.78 bits per heavy atom. The molecule has 0 aliphatic rings. The van der Waals surface area contributed by atoms with E-state index in [4.69, 9.17) is 5.26 Å². The summed E-state index contributed by atoms with van der Waals surface area (Å²) in [4.78, 5) is 2.51. The summed E-state index contributed by atoms with van der Waals surface area (Å²) in [6, 6.07) is 2.39. The maximum absolute atomic E-state index is 9.16. The van der Waals surface area contributed by atoms with E-state index in [0.29, 0.717) is 0 Å². The number of nitrogens with one attached hydrogen (secondary N) is 1. The van der Waals surface area contributed by atoms with E-state index in [2.05, 4.69) is 37.1 Å². The predicted molar refractivity (Wildman–Crippen MR) is 78.6 cm³/mol. The summed E-state index contributed by atoms with van der Waals surface area (Å²) >= 11 is 0. The van der Waals surface area contributed by atoms with Gasteiger partial charge >= 0.3 is 0 Å². The van der Waals surface area contributed by atoms with Gasteiger partial charge in [-0.3, -0.25) is 5.32 Å². The van der Waals surface area contributed by atoms with E-state index >= 15 is 0 Å². The Morgan fingerprint density at radius 1 is 1.11 bits per heavy atom. The topological polar surface area (TPSA) is 39.1 Å². The van der Waals surface area contributed by atoms with Crippen LogP contribution in [0.3, 0.4) is 0 Å². The largest absolute Gasteiger partial charge is 0.304 e. The maximum atomic E-state index is 9.16. The second-order valence-electron chi connectivity index (χ2n) is 5.22. The molecule has 18 heavy (non-hydrogen) atoms. The molecule has 3 heteroatoms. The average Bonchev–Trinajstić information content (AvgIpc) is 2.38. The molecule has 0 aliphatic heterocycles.